The van der Waals surface area contributed by atoms with E-state index in [-0.39, 0.29) is 17.3 Å². The zero-order valence-corrected chi connectivity index (χ0v) is 15.2. The van der Waals surface area contributed by atoms with Gasteiger partial charge in [-0.3, -0.25) is 4.79 Å². The molecule has 0 unspecified atom stereocenters. The lowest BCUT2D eigenvalue weighted by molar-refractivity contribution is 0.0944. The molecule has 1 aliphatic rings. The summed E-state index contributed by atoms with van der Waals surface area (Å²) in [5.41, 5.74) is 0.780. The quantitative estimate of drug-likeness (QED) is 0.749. The molecule has 0 aliphatic carbocycles. The van der Waals surface area contributed by atoms with Gasteiger partial charge in [-0.2, -0.15) is 0 Å². The number of hydrogen-bond acceptors (Lipinski definition) is 6. The molecule has 1 aromatic heterocycles. The highest BCUT2D eigenvalue weighted by molar-refractivity contribution is 7.89. The van der Waals surface area contributed by atoms with Gasteiger partial charge < -0.3 is 14.6 Å². The van der Waals surface area contributed by atoms with Crippen LogP contribution in [0.15, 0.2) is 39.8 Å². The molecule has 1 saturated heterocycles. The number of nitrogens with one attached hydrogen (secondary N) is 2. The van der Waals surface area contributed by atoms with Gasteiger partial charge in [0.2, 0.25) is 10.0 Å². The standard InChI is InChI=1S/C17H21N3O5S/c1-12-7-15(20-25-12)10-19-26(22,23)16-4-2-3-14(8-16)17(21)18-9-13-5-6-24-11-13/h2-4,7-8,13,19H,5-6,9-11H2,1H3,(H,18,21)/t13-/m1/s1. The van der Waals surface area contributed by atoms with E-state index in [0.717, 1.165) is 6.42 Å². The Morgan fingerprint density at radius 3 is 2.88 bits per heavy atom. The molecule has 2 N–H and O–H groups in total. The van der Waals surface area contributed by atoms with E-state index in [4.69, 9.17) is 9.26 Å². The number of benzene rings is 1. The number of carbonyl (C=O) groups excluding carboxylic acids is 1. The number of hydrogen-bond donors (Lipinski definition) is 2. The van der Waals surface area contributed by atoms with Gasteiger partial charge in [-0.15, -0.1) is 0 Å². The van der Waals surface area contributed by atoms with Crippen LogP contribution in [0.5, 0.6) is 0 Å². The van der Waals surface area contributed by atoms with Crippen LogP contribution in [0, 0.1) is 12.8 Å². The molecule has 1 aromatic carbocycles. The van der Waals surface area contributed by atoms with E-state index in [0.29, 0.717) is 42.7 Å². The zero-order chi connectivity index (χ0) is 18.6. The first kappa shape index (κ1) is 18.6. The van der Waals surface area contributed by atoms with Crippen molar-refractivity contribution in [1.82, 2.24) is 15.2 Å². The Hall–Kier alpha value is -2.23. The molecule has 0 bridgehead atoms. The van der Waals surface area contributed by atoms with Crippen molar-refractivity contribution in [3.05, 3.63) is 47.3 Å². The van der Waals surface area contributed by atoms with E-state index < -0.39 is 10.0 Å². The molecule has 3 rings (SSSR count). The molecule has 140 valence electrons. The number of amides is 1. The minimum atomic E-state index is -3.77. The molecule has 0 radical (unpaired) electrons. The van der Waals surface area contributed by atoms with Gasteiger partial charge in [-0.1, -0.05) is 11.2 Å². The summed E-state index contributed by atoms with van der Waals surface area (Å²) in [5, 5.41) is 6.57. The van der Waals surface area contributed by atoms with E-state index in [2.05, 4.69) is 15.2 Å². The van der Waals surface area contributed by atoms with Gasteiger partial charge in [0, 0.05) is 30.7 Å². The molecular weight excluding hydrogens is 358 g/mol. The van der Waals surface area contributed by atoms with Crippen molar-refractivity contribution in [2.75, 3.05) is 19.8 Å². The Kier molecular flexibility index (Phi) is 5.70. The average molecular weight is 379 g/mol. The van der Waals surface area contributed by atoms with Crippen LogP contribution in [0.4, 0.5) is 0 Å². The normalized spacial score (nSPS) is 17.3. The first-order chi connectivity index (χ1) is 12.4. The van der Waals surface area contributed by atoms with Gasteiger partial charge in [0.1, 0.15) is 5.76 Å². The molecule has 2 aromatic rings. The van der Waals surface area contributed by atoms with Gasteiger partial charge in [0.15, 0.2) is 0 Å². The lowest BCUT2D eigenvalue weighted by Crippen LogP contribution is -2.30. The molecule has 1 fully saturated rings. The molecule has 0 spiro atoms. The lowest BCUT2D eigenvalue weighted by Gasteiger charge is -2.10. The van der Waals surface area contributed by atoms with E-state index in [1.54, 1.807) is 25.1 Å². The first-order valence-corrected chi connectivity index (χ1v) is 9.80. The van der Waals surface area contributed by atoms with Crippen LogP contribution in [-0.2, 0) is 21.3 Å². The highest BCUT2D eigenvalue weighted by atomic mass is 32.2. The van der Waals surface area contributed by atoms with Crippen LogP contribution in [-0.4, -0.2) is 39.2 Å². The Bertz CT molecular complexity index is 872. The van der Waals surface area contributed by atoms with E-state index in [1.807, 2.05) is 0 Å². The maximum absolute atomic E-state index is 12.4. The highest BCUT2D eigenvalue weighted by Crippen LogP contribution is 2.14. The van der Waals surface area contributed by atoms with Gasteiger partial charge in [0.05, 0.1) is 23.7 Å². The van der Waals surface area contributed by atoms with Crippen LogP contribution >= 0.6 is 0 Å². The van der Waals surface area contributed by atoms with Gasteiger partial charge in [0.25, 0.3) is 5.91 Å². The Balaban J connectivity index is 1.63. The van der Waals surface area contributed by atoms with Crippen molar-refractivity contribution in [1.29, 1.82) is 0 Å². The number of sulfonamides is 1. The molecule has 2 heterocycles. The maximum atomic E-state index is 12.4. The van der Waals surface area contributed by atoms with Gasteiger partial charge in [-0.05, 0) is 31.5 Å². The fourth-order valence-corrected chi connectivity index (χ4v) is 3.69. The Labute approximate surface area is 152 Å². The van der Waals surface area contributed by atoms with Crippen molar-refractivity contribution in [2.45, 2.75) is 24.8 Å². The summed E-state index contributed by atoms with van der Waals surface area (Å²) in [6, 6.07) is 7.58. The first-order valence-electron chi connectivity index (χ1n) is 8.32. The largest absolute Gasteiger partial charge is 0.381 e. The van der Waals surface area contributed by atoms with Crippen molar-refractivity contribution >= 4 is 15.9 Å². The summed E-state index contributed by atoms with van der Waals surface area (Å²) in [7, 11) is -3.77. The predicted molar refractivity (Wildman–Crippen MR) is 93.0 cm³/mol. The molecule has 8 nitrogen and oxygen atoms in total. The second kappa shape index (κ2) is 7.98. The third kappa shape index (κ3) is 4.69. The van der Waals surface area contributed by atoms with Crippen LogP contribution in [0.25, 0.3) is 0 Å². The molecule has 26 heavy (non-hydrogen) atoms. The summed E-state index contributed by atoms with van der Waals surface area (Å²) >= 11 is 0. The minimum absolute atomic E-state index is 0.0117. The summed E-state index contributed by atoms with van der Waals surface area (Å²) in [6.45, 7) is 3.60. The van der Waals surface area contributed by atoms with Crippen LogP contribution < -0.4 is 10.0 Å². The van der Waals surface area contributed by atoms with Crippen LogP contribution in [0.2, 0.25) is 0 Å². The predicted octanol–water partition coefficient (Wildman–Crippen LogP) is 1.23. The molecular formula is C17H21N3O5S. The van der Waals surface area contributed by atoms with E-state index in [9.17, 15) is 13.2 Å². The summed E-state index contributed by atoms with van der Waals surface area (Å²) in [5.74, 6) is 0.602. The number of ether oxygens (including phenoxy) is 1. The fraction of sp³-hybridized carbons (Fsp3) is 0.412. The molecule has 1 amide bonds. The smallest absolute Gasteiger partial charge is 0.251 e. The number of aromatic nitrogens is 1. The maximum Gasteiger partial charge on any atom is 0.251 e. The second-order valence-corrected chi connectivity index (χ2v) is 7.99. The van der Waals surface area contributed by atoms with Crippen molar-refractivity contribution in [3.8, 4) is 0 Å². The highest BCUT2D eigenvalue weighted by Gasteiger charge is 2.19. The molecule has 1 aliphatic heterocycles. The number of aryl methyl sites for hydroxylation is 1. The average Bonchev–Trinajstić information content (AvgIpc) is 3.29. The second-order valence-electron chi connectivity index (χ2n) is 6.22. The number of rotatable bonds is 7. The SMILES string of the molecule is Cc1cc(CNS(=O)(=O)c2cccc(C(=O)NC[C@H]3CCOC3)c2)no1. The molecule has 1 atom stereocenters. The van der Waals surface area contributed by atoms with Gasteiger partial charge >= 0.3 is 0 Å². The topological polar surface area (TPSA) is 111 Å². The summed E-state index contributed by atoms with van der Waals surface area (Å²) < 4.78 is 37.5. The van der Waals surface area contributed by atoms with Crippen molar-refractivity contribution < 1.29 is 22.5 Å². The summed E-state index contributed by atoms with van der Waals surface area (Å²) in [4.78, 5) is 12.3. The van der Waals surface area contributed by atoms with Crippen LogP contribution in [0.3, 0.4) is 0 Å². The fourth-order valence-electron chi connectivity index (χ4n) is 2.64. The third-order valence-corrected chi connectivity index (χ3v) is 5.50. The zero-order valence-electron chi connectivity index (χ0n) is 14.4. The van der Waals surface area contributed by atoms with Crippen molar-refractivity contribution in [3.63, 3.8) is 0 Å². The minimum Gasteiger partial charge on any atom is -0.381 e. The lowest BCUT2D eigenvalue weighted by atomic mass is 10.1. The van der Waals surface area contributed by atoms with E-state index in [1.165, 1.54) is 12.1 Å². The van der Waals surface area contributed by atoms with Crippen molar-refractivity contribution in [2.24, 2.45) is 5.92 Å². The Morgan fingerprint density at radius 2 is 2.19 bits per heavy atom. The molecule has 9 heteroatoms. The third-order valence-electron chi connectivity index (χ3n) is 4.10. The molecule has 0 saturated carbocycles. The monoisotopic (exact) mass is 379 g/mol. The Morgan fingerprint density at radius 1 is 1.35 bits per heavy atom. The van der Waals surface area contributed by atoms with E-state index >= 15 is 0 Å². The number of carbonyl (C=O) groups is 1. The number of nitrogens with zero attached hydrogens (tertiary/aromatic N) is 1. The summed E-state index contributed by atoms with van der Waals surface area (Å²) in [6.07, 6.45) is 0.917. The van der Waals surface area contributed by atoms with Gasteiger partial charge in [-0.25, -0.2) is 13.1 Å². The van der Waals surface area contributed by atoms with Crippen LogP contribution in [0.1, 0.15) is 28.2 Å².